The lowest BCUT2D eigenvalue weighted by Crippen LogP contribution is -2.44. The van der Waals surface area contributed by atoms with E-state index in [1.54, 1.807) is 11.3 Å². The average molecular weight is 370 g/mol. The largest absolute Gasteiger partial charge is 0.335 e. The van der Waals surface area contributed by atoms with Crippen LogP contribution in [0.1, 0.15) is 47.2 Å². The third-order valence-corrected chi connectivity index (χ3v) is 6.44. The van der Waals surface area contributed by atoms with Crippen molar-refractivity contribution < 1.29 is 4.79 Å². The first-order valence-electron chi connectivity index (χ1n) is 9.74. The molecule has 0 unspecified atom stereocenters. The molecule has 3 aliphatic rings. The molecule has 2 bridgehead atoms. The predicted octanol–water partition coefficient (Wildman–Crippen LogP) is 3.68. The molecule has 5 heteroatoms. The molecular formula is C21H27N3OS. The van der Waals surface area contributed by atoms with Crippen molar-refractivity contribution in [2.24, 2.45) is 5.92 Å². The number of thiazole rings is 1. The van der Waals surface area contributed by atoms with Crippen molar-refractivity contribution in [1.29, 1.82) is 0 Å². The third-order valence-electron chi connectivity index (χ3n) is 5.59. The third kappa shape index (κ3) is 3.84. The van der Waals surface area contributed by atoms with E-state index in [0.29, 0.717) is 17.7 Å². The van der Waals surface area contributed by atoms with Gasteiger partial charge in [-0.15, -0.1) is 11.3 Å². The van der Waals surface area contributed by atoms with Gasteiger partial charge in [0.25, 0.3) is 5.91 Å². The summed E-state index contributed by atoms with van der Waals surface area (Å²) in [6.07, 6.45) is 4.47. The minimum Gasteiger partial charge on any atom is -0.335 e. The molecule has 0 saturated carbocycles. The molecule has 5 rings (SSSR count). The number of fused-ring (bicyclic) bond motifs is 4. The molecule has 1 amide bonds. The van der Waals surface area contributed by atoms with Gasteiger partial charge in [-0.3, -0.25) is 9.69 Å². The molecule has 2 aromatic rings. The molecule has 0 N–H and O–H groups in total. The number of carbonyl (C=O) groups excluding carboxylic acids is 1. The van der Waals surface area contributed by atoms with E-state index >= 15 is 0 Å². The molecular weight excluding hydrogens is 342 g/mol. The molecule has 0 spiro atoms. The highest BCUT2D eigenvalue weighted by atomic mass is 32.1. The van der Waals surface area contributed by atoms with E-state index in [0.717, 1.165) is 37.6 Å². The van der Waals surface area contributed by atoms with Crippen LogP contribution >= 0.6 is 11.3 Å². The van der Waals surface area contributed by atoms with Gasteiger partial charge < -0.3 is 4.90 Å². The molecule has 2 atom stereocenters. The van der Waals surface area contributed by atoms with Gasteiger partial charge in [0.15, 0.2) is 0 Å². The summed E-state index contributed by atoms with van der Waals surface area (Å²) in [4.78, 5) is 22.4. The van der Waals surface area contributed by atoms with Crippen LogP contribution in [-0.4, -0.2) is 52.9 Å². The Balaban J connectivity index is 1.45. The Morgan fingerprint density at radius 3 is 2.85 bits per heavy atom. The topological polar surface area (TPSA) is 36.4 Å². The molecule has 138 valence electrons. The molecule has 0 radical (unpaired) electrons. The summed E-state index contributed by atoms with van der Waals surface area (Å²) < 4.78 is 0. The second-order valence-electron chi connectivity index (χ2n) is 7.59. The summed E-state index contributed by atoms with van der Waals surface area (Å²) >= 11 is 1.60. The van der Waals surface area contributed by atoms with Crippen molar-refractivity contribution in [2.75, 3.05) is 26.2 Å². The van der Waals surface area contributed by atoms with Crippen molar-refractivity contribution in [1.82, 2.24) is 14.8 Å². The first kappa shape index (κ1) is 17.7. The smallest absolute Gasteiger partial charge is 0.273 e. The average Bonchev–Trinajstić information content (AvgIpc) is 2.93. The van der Waals surface area contributed by atoms with E-state index < -0.39 is 0 Å². The highest BCUT2D eigenvalue weighted by Gasteiger charge is 2.36. The van der Waals surface area contributed by atoms with Crippen molar-refractivity contribution in [3.05, 3.63) is 52.0 Å². The number of amides is 1. The highest BCUT2D eigenvalue weighted by Crippen LogP contribution is 2.29. The first-order valence-corrected chi connectivity index (χ1v) is 10.6. The van der Waals surface area contributed by atoms with Gasteiger partial charge in [-0.25, -0.2) is 4.98 Å². The Labute approximate surface area is 159 Å². The SMILES string of the molecule is CCCN1C[C@H]2CC[C@@H]1CN(C(=O)c1csc(Cc3ccccc3)n1)C2. The maximum Gasteiger partial charge on any atom is 0.273 e. The van der Waals surface area contributed by atoms with Crippen LogP contribution in [0.3, 0.4) is 0 Å². The number of hydrogen-bond acceptors (Lipinski definition) is 4. The zero-order valence-electron chi connectivity index (χ0n) is 15.4. The summed E-state index contributed by atoms with van der Waals surface area (Å²) in [6.45, 7) is 6.30. The quantitative estimate of drug-likeness (QED) is 0.807. The van der Waals surface area contributed by atoms with E-state index in [-0.39, 0.29) is 5.91 Å². The fourth-order valence-electron chi connectivity index (χ4n) is 4.33. The molecule has 1 aromatic heterocycles. The Hall–Kier alpha value is -1.72. The van der Waals surface area contributed by atoms with Gasteiger partial charge >= 0.3 is 0 Å². The van der Waals surface area contributed by atoms with E-state index in [1.165, 1.54) is 24.8 Å². The number of aromatic nitrogens is 1. The van der Waals surface area contributed by atoms with E-state index in [4.69, 9.17) is 0 Å². The molecule has 3 aliphatic heterocycles. The standard InChI is InChI=1S/C21H27N3OS/c1-2-10-23-12-17-8-9-18(23)14-24(13-17)21(25)19-15-26-20(22-19)11-16-6-4-3-5-7-16/h3-7,15,17-18H,2,8-14H2,1H3/t17-,18-/m1/s1. The van der Waals surface area contributed by atoms with Crippen LogP contribution in [0.25, 0.3) is 0 Å². The van der Waals surface area contributed by atoms with Crippen molar-refractivity contribution in [3.63, 3.8) is 0 Å². The molecule has 4 heterocycles. The zero-order valence-corrected chi connectivity index (χ0v) is 16.3. The normalized spacial score (nSPS) is 23.2. The van der Waals surface area contributed by atoms with E-state index in [9.17, 15) is 4.79 Å². The lowest BCUT2D eigenvalue weighted by Gasteiger charge is -2.35. The van der Waals surface area contributed by atoms with Gasteiger partial charge in [0.1, 0.15) is 5.69 Å². The summed E-state index contributed by atoms with van der Waals surface area (Å²) in [5.41, 5.74) is 1.87. The second-order valence-corrected chi connectivity index (χ2v) is 8.53. The van der Waals surface area contributed by atoms with Gasteiger partial charge in [-0.05, 0) is 37.3 Å². The van der Waals surface area contributed by atoms with Gasteiger partial charge in [0.05, 0.1) is 5.01 Å². The van der Waals surface area contributed by atoms with Crippen LogP contribution in [0.2, 0.25) is 0 Å². The lowest BCUT2D eigenvalue weighted by atomic mass is 9.95. The summed E-state index contributed by atoms with van der Waals surface area (Å²) in [7, 11) is 0. The Morgan fingerprint density at radius 2 is 2.04 bits per heavy atom. The lowest BCUT2D eigenvalue weighted by molar-refractivity contribution is 0.0733. The molecule has 3 saturated heterocycles. The molecule has 0 aliphatic carbocycles. The van der Waals surface area contributed by atoms with E-state index in [2.05, 4.69) is 33.8 Å². The number of benzene rings is 1. The monoisotopic (exact) mass is 369 g/mol. The maximum absolute atomic E-state index is 13.1. The molecule has 4 nitrogen and oxygen atoms in total. The summed E-state index contributed by atoms with van der Waals surface area (Å²) in [5, 5.41) is 2.96. The van der Waals surface area contributed by atoms with E-state index in [1.807, 2.05) is 23.6 Å². The number of piperidine rings is 1. The van der Waals surface area contributed by atoms with Crippen LogP contribution < -0.4 is 0 Å². The Kier molecular flexibility index (Phi) is 5.36. The van der Waals surface area contributed by atoms with Crippen LogP contribution in [0.15, 0.2) is 35.7 Å². The minimum atomic E-state index is 0.121. The number of hydrogen-bond donors (Lipinski definition) is 0. The maximum atomic E-state index is 13.1. The second kappa shape index (κ2) is 7.89. The molecule has 26 heavy (non-hydrogen) atoms. The van der Waals surface area contributed by atoms with Crippen LogP contribution in [0.5, 0.6) is 0 Å². The number of rotatable bonds is 5. The van der Waals surface area contributed by atoms with Crippen molar-refractivity contribution >= 4 is 17.2 Å². The summed E-state index contributed by atoms with van der Waals surface area (Å²) in [6, 6.07) is 10.9. The number of carbonyl (C=O) groups is 1. The Morgan fingerprint density at radius 1 is 1.19 bits per heavy atom. The van der Waals surface area contributed by atoms with Crippen LogP contribution in [-0.2, 0) is 6.42 Å². The van der Waals surface area contributed by atoms with Crippen molar-refractivity contribution in [2.45, 2.75) is 38.6 Å². The fraction of sp³-hybridized carbons (Fsp3) is 0.524. The van der Waals surface area contributed by atoms with Crippen LogP contribution in [0, 0.1) is 5.92 Å². The molecule has 3 fully saturated rings. The van der Waals surface area contributed by atoms with Crippen LogP contribution in [0.4, 0.5) is 0 Å². The first-order chi connectivity index (χ1) is 12.7. The zero-order chi connectivity index (χ0) is 17.9. The fourth-order valence-corrected chi connectivity index (χ4v) is 5.13. The number of nitrogens with zero attached hydrogens (tertiary/aromatic N) is 3. The molecule has 1 aromatic carbocycles. The Bertz CT molecular complexity index is 745. The summed E-state index contributed by atoms with van der Waals surface area (Å²) in [5.74, 6) is 0.738. The van der Waals surface area contributed by atoms with Gasteiger partial charge in [0.2, 0.25) is 0 Å². The van der Waals surface area contributed by atoms with Gasteiger partial charge in [0, 0.05) is 37.5 Å². The van der Waals surface area contributed by atoms with Gasteiger partial charge in [-0.2, -0.15) is 0 Å². The van der Waals surface area contributed by atoms with Gasteiger partial charge in [-0.1, -0.05) is 37.3 Å². The van der Waals surface area contributed by atoms with Crippen molar-refractivity contribution in [3.8, 4) is 0 Å². The minimum absolute atomic E-state index is 0.121. The highest BCUT2D eigenvalue weighted by molar-refractivity contribution is 7.09. The predicted molar refractivity (Wildman–Crippen MR) is 106 cm³/mol.